The molecule has 0 aromatic carbocycles. The first-order valence-corrected chi connectivity index (χ1v) is 7.50. The molecule has 0 saturated carbocycles. The van der Waals surface area contributed by atoms with Crippen LogP contribution in [0.25, 0.3) is 5.52 Å². The van der Waals surface area contributed by atoms with E-state index in [0.29, 0.717) is 0 Å². The Labute approximate surface area is 125 Å². The molecule has 1 aliphatic carbocycles. The molecule has 1 unspecified atom stereocenters. The average Bonchev–Trinajstić information content (AvgIpc) is 2.74. The monoisotopic (exact) mass is 286 g/mol. The van der Waals surface area contributed by atoms with Gasteiger partial charge >= 0.3 is 6.09 Å². The molecule has 21 heavy (non-hydrogen) atoms. The second-order valence-electron chi connectivity index (χ2n) is 6.70. The van der Waals surface area contributed by atoms with Gasteiger partial charge in [0.15, 0.2) is 0 Å². The molecule has 2 aromatic heterocycles. The lowest BCUT2D eigenvalue weighted by atomic mass is 9.93. The lowest BCUT2D eigenvalue weighted by Crippen LogP contribution is -2.42. The molecule has 0 radical (unpaired) electrons. The number of carbonyl (C=O) groups is 1. The van der Waals surface area contributed by atoms with E-state index in [2.05, 4.69) is 34.1 Å². The van der Waals surface area contributed by atoms with Gasteiger partial charge in [-0.25, -0.2) is 4.79 Å². The van der Waals surface area contributed by atoms with Crippen LogP contribution in [0.3, 0.4) is 0 Å². The third-order valence-corrected chi connectivity index (χ3v) is 3.80. The van der Waals surface area contributed by atoms with Crippen molar-refractivity contribution in [2.75, 3.05) is 0 Å². The molecule has 1 aliphatic rings. The van der Waals surface area contributed by atoms with Crippen LogP contribution in [0.15, 0.2) is 30.5 Å². The Morgan fingerprint density at radius 3 is 2.95 bits per heavy atom. The quantitative estimate of drug-likeness (QED) is 0.874. The van der Waals surface area contributed by atoms with Crippen molar-refractivity contribution in [3.63, 3.8) is 0 Å². The number of alkyl carbamates (subject to hydrolysis) is 1. The van der Waals surface area contributed by atoms with E-state index in [9.17, 15) is 4.79 Å². The van der Waals surface area contributed by atoms with Crippen LogP contribution in [0.2, 0.25) is 0 Å². The smallest absolute Gasteiger partial charge is 0.407 e. The van der Waals surface area contributed by atoms with Crippen LogP contribution < -0.4 is 5.32 Å². The summed E-state index contributed by atoms with van der Waals surface area (Å²) in [6.45, 7) is 5.64. The molecule has 4 heteroatoms. The molecule has 0 bridgehead atoms. The summed E-state index contributed by atoms with van der Waals surface area (Å²) in [5.74, 6) is 0. The molecule has 2 heterocycles. The number of rotatable bonds is 1. The molecule has 0 spiro atoms. The minimum absolute atomic E-state index is 0.144. The Hall–Kier alpha value is -1.97. The van der Waals surface area contributed by atoms with Crippen molar-refractivity contribution >= 4 is 11.6 Å². The SMILES string of the molecule is CC(C)(C)OC(=O)NC1CCc2cc3ccccn3c2C1. The van der Waals surface area contributed by atoms with Crippen LogP contribution in [-0.2, 0) is 17.6 Å². The number of fused-ring (bicyclic) bond motifs is 3. The highest BCUT2D eigenvalue weighted by atomic mass is 16.6. The molecule has 0 saturated heterocycles. The fourth-order valence-electron chi connectivity index (χ4n) is 2.94. The second-order valence-corrected chi connectivity index (χ2v) is 6.70. The van der Waals surface area contributed by atoms with Gasteiger partial charge in [0.1, 0.15) is 5.60 Å². The Kier molecular flexibility index (Phi) is 3.40. The third-order valence-electron chi connectivity index (χ3n) is 3.80. The van der Waals surface area contributed by atoms with E-state index in [4.69, 9.17) is 4.74 Å². The first-order valence-electron chi connectivity index (χ1n) is 7.50. The Morgan fingerprint density at radius 1 is 1.38 bits per heavy atom. The van der Waals surface area contributed by atoms with Crippen LogP contribution in [0.5, 0.6) is 0 Å². The number of hydrogen-bond acceptors (Lipinski definition) is 2. The van der Waals surface area contributed by atoms with E-state index in [1.165, 1.54) is 16.8 Å². The number of ether oxygens (including phenoxy) is 1. The predicted octanol–water partition coefficient (Wildman–Crippen LogP) is 3.32. The van der Waals surface area contributed by atoms with Gasteiger partial charge in [0.05, 0.1) is 0 Å². The molecule has 112 valence electrons. The summed E-state index contributed by atoms with van der Waals surface area (Å²) >= 11 is 0. The zero-order valence-corrected chi connectivity index (χ0v) is 12.8. The lowest BCUT2D eigenvalue weighted by molar-refractivity contribution is 0.0500. The van der Waals surface area contributed by atoms with E-state index >= 15 is 0 Å². The fourth-order valence-corrected chi connectivity index (χ4v) is 2.94. The molecule has 1 N–H and O–H groups in total. The Bertz CT molecular complexity index is 667. The van der Waals surface area contributed by atoms with Gasteiger partial charge in [0.25, 0.3) is 0 Å². The number of amides is 1. The summed E-state index contributed by atoms with van der Waals surface area (Å²) < 4.78 is 7.56. The minimum Gasteiger partial charge on any atom is -0.444 e. The summed E-state index contributed by atoms with van der Waals surface area (Å²) in [6, 6.07) is 8.61. The summed E-state index contributed by atoms with van der Waals surface area (Å²) in [4.78, 5) is 11.9. The highest BCUT2D eigenvalue weighted by Gasteiger charge is 2.25. The van der Waals surface area contributed by atoms with Gasteiger partial charge in [0, 0.05) is 29.9 Å². The summed E-state index contributed by atoms with van der Waals surface area (Å²) in [7, 11) is 0. The van der Waals surface area contributed by atoms with Crippen molar-refractivity contribution in [2.45, 2.75) is 51.7 Å². The molecular weight excluding hydrogens is 264 g/mol. The van der Waals surface area contributed by atoms with Crippen molar-refractivity contribution in [1.82, 2.24) is 9.72 Å². The maximum Gasteiger partial charge on any atom is 0.407 e. The van der Waals surface area contributed by atoms with Crippen LogP contribution in [-0.4, -0.2) is 22.1 Å². The number of nitrogens with zero attached hydrogens (tertiary/aromatic N) is 1. The largest absolute Gasteiger partial charge is 0.444 e. The van der Waals surface area contributed by atoms with Gasteiger partial charge in [-0.1, -0.05) is 6.07 Å². The maximum absolute atomic E-state index is 11.9. The van der Waals surface area contributed by atoms with Gasteiger partial charge in [-0.15, -0.1) is 0 Å². The number of aryl methyl sites for hydroxylation is 1. The molecular formula is C17H22N2O2. The maximum atomic E-state index is 11.9. The highest BCUT2D eigenvalue weighted by molar-refractivity contribution is 5.68. The van der Waals surface area contributed by atoms with Crippen LogP contribution in [0.1, 0.15) is 38.4 Å². The van der Waals surface area contributed by atoms with Gasteiger partial charge in [-0.2, -0.15) is 0 Å². The Morgan fingerprint density at radius 2 is 2.19 bits per heavy atom. The molecule has 1 atom stereocenters. The van der Waals surface area contributed by atoms with Gasteiger partial charge in [0.2, 0.25) is 0 Å². The molecule has 4 nitrogen and oxygen atoms in total. The molecule has 2 aromatic rings. The summed E-state index contributed by atoms with van der Waals surface area (Å²) in [5.41, 5.74) is 3.47. The Balaban J connectivity index is 1.74. The zero-order chi connectivity index (χ0) is 15.0. The van der Waals surface area contributed by atoms with Crippen molar-refractivity contribution in [2.24, 2.45) is 0 Å². The standard InChI is InChI=1S/C17H22N2O2/c1-17(2,3)21-16(20)18-13-8-7-12-10-14-6-4-5-9-19(14)15(12)11-13/h4-6,9-10,13H,7-8,11H2,1-3H3,(H,18,20). The van der Waals surface area contributed by atoms with Gasteiger partial charge in [-0.05, 0) is 57.4 Å². The number of hydrogen-bond donors (Lipinski definition) is 1. The van der Waals surface area contributed by atoms with E-state index in [-0.39, 0.29) is 12.1 Å². The minimum atomic E-state index is -0.453. The van der Waals surface area contributed by atoms with Gasteiger partial charge in [-0.3, -0.25) is 0 Å². The van der Waals surface area contributed by atoms with Crippen molar-refractivity contribution in [3.8, 4) is 0 Å². The van der Waals surface area contributed by atoms with Crippen LogP contribution in [0.4, 0.5) is 4.79 Å². The first-order chi connectivity index (χ1) is 9.92. The predicted molar refractivity (Wildman–Crippen MR) is 82.6 cm³/mol. The van der Waals surface area contributed by atoms with Crippen LogP contribution >= 0.6 is 0 Å². The highest BCUT2D eigenvalue weighted by Crippen LogP contribution is 2.25. The summed E-state index contributed by atoms with van der Waals surface area (Å²) in [6.07, 6.45) is 4.58. The van der Waals surface area contributed by atoms with Crippen molar-refractivity contribution in [1.29, 1.82) is 0 Å². The molecule has 1 amide bonds. The zero-order valence-electron chi connectivity index (χ0n) is 12.8. The van der Waals surface area contributed by atoms with E-state index < -0.39 is 5.60 Å². The number of pyridine rings is 1. The normalized spacial score (nSPS) is 18.3. The third kappa shape index (κ3) is 3.04. The van der Waals surface area contributed by atoms with E-state index in [1.807, 2.05) is 26.8 Å². The molecule has 0 fully saturated rings. The fraction of sp³-hybridized carbons (Fsp3) is 0.471. The van der Waals surface area contributed by atoms with E-state index in [1.54, 1.807) is 0 Å². The van der Waals surface area contributed by atoms with Crippen molar-refractivity contribution < 1.29 is 9.53 Å². The van der Waals surface area contributed by atoms with Gasteiger partial charge < -0.3 is 14.5 Å². The number of aromatic nitrogens is 1. The average molecular weight is 286 g/mol. The van der Waals surface area contributed by atoms with Crippen molar-refractivity contribution in [3.05, 3.63) is 41.7 Å². The second kappa shape index (κ2) is 5.10. The lowest BCUT2D eigenvalue weighted by Gasteiger charge is -2.26. The molecule has 3 rings (SSSR count). The first kappa shape index (κ1) is 14.0. The number of nitrogens with one attached hydrogen (secondary N) is 1. The van der Waals surface area contributed by atoms with Crippen LogP contribution in [0, 0.1) is 0 Å². The number of carbonyl (C=O) groups excluding carboxylic acids is 1. The molecule has 0 aliphatic heterocycles. The topological polar surface area (TPSA) is 42.7 Å². The van der Waals surface area contributed by atoms with E-state index in [0.717, 1.165) is 19.3 Å². The summed E-state index contributed by atoms with van der Waals surface area (Å²) in [5, 5.41) is 3.00.